The molecule has 1 saturated carbocycles. The molecule has 4 aromatic rings. The van der Waals surface area contributed by atoms with Crippen molar-refractivity contribution >= 4 is 29.5 Å². The van der Waals surface area contributed by atoms with Gasteiger partial charge in [-0.15, -0.1) is 0 Å². The van der Waals surface area contributed by atoms with Gasteiger partial charge in [0.25, 0.3) is 5.91 Å². The van der Waals surface area contributed by atoms with Gasteiger partial charge in [0.2, 0.25) is 23.6 Å². The number of nitrogens with one attached hydrogen (secondary N) is 4. The van der Waals surface area contributed by atoms with Gasteiger partial charge in [0.1, 0.15) is 48.8 Å². The highest BCUT2D eigenvalue weighted by atomic mass is 16.5. The molecule has 330 valence electrons. The van der Waals surface area contributed by atoms with Crippen LogP contribution in [0.4, 0.5) is 0 Å². The zero-order chi connectivity index (χ0) is 45.6. The predicted molar refractivity (Wildman–Crippen MR) is 234 cm³/mol. The van der Waals surface area contributed by atoms with Crippen LogP contribution in [0, 0.1) is 25.2 Å². The third kappa shape index (κ3) is 10.3. The molecule has 3 aromatic carbocycles. The Morgan fingerprint density at radius 3 is 2.32 bits per heavy atom. The van der Waals surface area contributed by atoms with Gasteiger partial charge >= 0.3 is 0 Å². The molecule has 17 heteroatoms. The van der Waals surface area contributed by atoms with Crippen LogP contribution in [-0.2, 0) is 31.0 Å². The van der Waals surface area contributed by atoms with Gasteiger partial charge in [0.15, 0.2) is 5.82 Å². The Balaban J connectivity index is 1.35. The maximum absolute atomic E-state index is 14.6. The number of amides is 5. The Kier molecular flexibility index (Phi) is 14.1. The van der Waals surface area contributed by atoms with E-state index in [9.17, 15) is 29.1 Å². The molecule has 4 bridgehead atoms. The van der Waals surface area contributed by atoms with Crippen LogP contribution in [0.2, 0.25) is 0 Å². The molecule has 5 amide bonds. The summed E-state index contributed by atoms with van der Waals surface area (Å²) >= 11 is 0. The van der Waals surface area contributed by atoms with E-state index in [1.807, 2.05) is 18.2 Å². The minimum Gasteiger partial charge on any atom is -0.507 e. The van der Waals surface area contributed by atoms with Gasteiger partial charge < -0.3 is 47.5 Å². The third-order valence-electron chi connectivity index (χ3n) is 11.6. The molecular weight excluding hydrogens is 805 g/mol. The molecule has 2 heterocycles. The first-order valence-electron chi connectivity index (χ1n) is 20.9. The summed E-state index contributed by atoms with van der Waals surface area (Å²) in [5.74, 6) is -2.81. The number of nitrogens with two attached hydrogens (primary N) is 2. The number of ether oxygens (including phenoxy) is 1. The highest BCUT2D eigenvalue weighted by Crippen LogP contribution is 2.47. The Bertz CT molecular complexity index is 2420. The Hall–Kier alpha value is -6.90. The Labute approximate surface area is 366 Å². The van der Waals surface area contributed by atoms with Crippen molar-refractivity contribution in [3.8, 4) is 40.1 Å². The molecule has 63 heavy (non-hydrogen) atoms. The predicted octanol–water partition coefficient (Wildman–Crippen LogP) is 2.35. The lowest BCUT2D eigenvalue weighted by Gasteiger charge is -2.32. The fourth-order valence-corrected chi connectivity index (χ4v) is 7.75. The van der Waals surface area contributed by atoms with E-state index in [4.69, 9.17) is 21.5 Å². The maximum Gasteiger partial charge on any atom is 0.255 e. The van der Waals surface area contributed by atoms with E-state index < -0.39 is 53.7 Å². The number of likely N-dealkylation sites (N-methyl/N-ethyl adjacent to an activating group) is 1. The lowest BCUT2D eigenvalue weighted by molar-refractivity contribution is -0.141. The van der Waals surface area contributed by atoms with E-state index in [-0.39, 0.29) is 66.9 Å². The molecule has 4 atom stereocenters. The number of carbonyl (C=O) groups excluding carboxylic acids is 5. The van der Waals surface area contributed by atoms with Gasteiger partial charge in [-0.3, -0.25) is 24.0 Å². The minimum atomic E-state index is -1.42. The number of aromatic nitrogens is 2. The number of phenolic OH excluding ortho intramolecular Hbond substituents is 1. The van der Waals surface area contributed by atoms with Crippen LogP contribution in [0.3, 0.4) is 0 Å². The molecule has 0 spiro atoms. The van der Waals surface area contributed by atoms with Crippen LogP contribution in [0.15, 0.2) is 60.7 Å². The van der Waals surface area contributed by atoms with Crippen molar-refractivity contribution in [1.82, 2.24) is 36.1 Å². The van der Waals surface area contributed by atoms with Crippen LogP contribution in [-0.4, -0.2) is 101 Å². The largest absolute Gasteiger partial charge is 0.507 e. The van der Waals surface area contributed by atoms with E-state index in [1.165, 1.54) is 25.6 Å². The van der Waals surface area contributed by atoms with Crippen LogP contribution in [0.1, 0.15) is 77.6 Å². The SMILES string of the molecule is Cc1nc(-c2ccc(C3(C)CC3)cc2)nc(C)c1C(=O)NC(CCN)C(=O)N(C)C1C(=O)NC(C)C(=O)NC(C(=O)NCC#N)Cc2ccc(O)c(c2)-c2cc1ccc2OCCN. The maximum atomic E-state index is 14.6. The van der Waals surface area contributed by atoms with Crippen LogP contribution >= 0.6 is 0 Å². The molecule has 9 N–H and O–H groups in total. The summed E-state index contributed by atoms with van der Waals surface area (Å²) in [6, 6.07) is 14.3. The van der Waals surface area contributed by atoms with E-state index in [0.717, 1.165) is 23.3 Å². The lowest BCUT2D eigenvalue weighted by Crippen LogP contribution is -2.56. The topological polar surface area (TPSA) is 268 Å². The van der Waals surface area contributed by atoms with Crippen molar-refractivity contribution in [2.24, 2.45) is 11.5 Å². The average molecular weight is 859 g/mol. The first kappa shape index (κ1) is 45.6. The standard InChI is InChI=1S/C46H54N10O7/c1-25-38(26(2)52-40(51-25)29-7-10-31(11-8-29)46(4)15-16-46)43(60)54-34(14-17-47)45(62)56(5)39-30-9-13-37(63-21-19-49)33(24-30)32-22-28(6-12-36(32)57)23-35(42(59)50-20-18-48)55-41(58)27(3)53-44(39)61/h6-13,22,24,27,34-35,39,57H,14-17,19-21,23,47,49H2,1-5H3,(H,50,59)(H,53,61)(H,54,60)(H,55,58). The van der Waals surface area contributed by atoms with Gasteiger partial charge in [-0.1, -0.05) is 43.3 Å². The average Bonchev–Trinajstić information content (AvgIpc) is 4.02. The number of phenols is 1. The highest BCUT2D eigenvalue weighted by Gasteiger charge is 2.39. The summed E-state index contributed by atoms with van der Waals surface area (Å²) in [6.07, 6.45) is 2.26. The van der Waals surface area contributed by atoms with Gasteiger partial charge in [0, 0.05) is 36.7 Å². The zero-order valence-corrected chi connectivity index (χ0v) is 36.1. The van der Waals surface area contributed by atoms with E-state index in [1.54, 1.807) is 44.2 Å². The summed E-state index contributed by atoms with van der Waals surface area (Å²) in [5, 5.41) is 30.9. The van der Waals surface area contributed by atoms with Gasteiger partial charge in [-0.05, 0) is 92.9 Å². The molecule has 17 nitrogen and oxygen atoms in total. The second-order valence-corrected chi connectivity index (χ2v) is 16.3. The molecule has 6 rings (SSSR count). The summed E-state index contributed by atoms with van der Waals surface area (Å²) in [6.45, 7) is 7.02. The monoisotopic (exact) mass is 858 g/mol. The highest BCUT2D eigenvalue weighted by molar-refractivity contribution is 6.00. The number of carbonyl (C=O) groups is 5. The normalized spacial score (nSPS) is 18.3. The lowest BCUT2D eigenvalue weighted by atomic mass is 9.93. The number of nitrogens with zero attached hydrogens (tertiary/aromatic N) is 4. The number of rotatable bonds is 13. The van der Waals surface area contributed by atoms with Gasteiger partial charge in [-0.25, -0.2) is 9.97 Å². The van der Waals surface area contributed by atoms with Crippen molar-refractivity contribution < 1.29 is 33.8 Å². The summed E-state index contributed by atoms with van der Waals surface area (Å²) in [5.41, 5.74) is 16.4. The number of hydrogen-bond donors (Lipinski definition) is 7. The second kappa shape index (κ2) is 19.4. The van der Waals surface area contributed by atoms with Crippen molar-refractivity contribution in [2.75, 3.05) is 33.3 Å². The van der Waals surface area contributed by atoms with E-state index in [0.29, 0.717) is 34.1 Å². The molecule has 0 radical (unpaired) electrons. The summed E-state index contributed by atoms with van der Waals surface area (Å²) < 4.78 is 5.98. The molecule has 1 aromatic heterocycles. The number of nitriles is 1. The molecule has 1 aliphatic heterocycles. The van der Waals surface area contributed by atoms with Crippen LogP contribution in [0.25, 0.3) is 22.5 Å². The van der Waals surface area contributed by atoms with Crippen molar-refractivity contribution in [2.45, 2.75) is 83.0 Å². The summed E-state index contributed by atoms with van der Waals surface area (Å²) in [7, 11) is 1.39. The number of hydrogen-bond acceptors (Lipinski definition) is 12. The smallest absolute Gasteiger partial charge is 0.255 e. The molecule has 0 saturated heterocycles. The minimum absolute atomic E-state index is 0.00258. The Morgan fingerprint density at radius 2 is 1.68 bits per heavy atom. The molecule has 2 aliphatic rings. The summed E-state index contributed by atoms with van der Waals surface area (Å²) in [4.78, 5) is 80.4. The van der Waals surface area contributed by atoms with Crippen molar-refractivity contribution in [1.29, 1.82) is 5.26 Å². The van der Waals surface area contributed by atoms with Crippen molar-refractivity contribution in [3.63, 3.8) is 0 Å². The van der Waals surface area contributed by atoms with E-state index >= 15 is 0 Å². The molecule has 4 unspecified atom stereocenters. The molecule has 1 fully saturated rings. The quantitative estimate of drug-likeness (QED) is 0.0956. The number of aryl methyl sites for hydroxylation is 2. The van der Waals surface area contributed by atoms with Crippen LogP contribution in [0.5, 0.6) is 11.5 Å². The van der Waals surface area contributed by atoms with Gasteiger partial charge in [-0.2, -0.15) is 5.26 Å². The third-order valence-corrected chi connectivity index (χ3v) is 11.6. The number of fused-ring (bicyclic) bond motifs is 5. The van der Waals surface area contributed by atoms with Crippen LogP contribution < -0.4 is 37.5 Å². The molecular formula is C46H54N10O7. The molecule has 1 aliphatic carbocycles. The first-order chi connectivity index (χ1) is 30.1. The first-order valence-corrected chi connectivity index (χ1v) is 20.9. The fraction of sp³-hybridized carbons (Fsp3) is 0.391. The fourth-order valence-electron chi connectivity index (χ4n) is 7.75. The van der Waals surface area contributed by atoms with E-state index in [2.05, 4.69) is 50.3 Å². The zero-order valence-electron chi connectivity index (χ0n) is 36.1. The second-order valence-electron chi connectivity index (χ2n) is 16.3. The Morgan fingerprint density at radius 1 is 0.984 bits per heavy atom. The number of aromatic hydroxyl groups is 1. The number of benzene rings is 3. The van der Waals surface area contributed by atoms with Gasteiger partial charge in [0.05, 0.1) is 23.0 Å². The van der Waals surface area contributed by atoms with Crippen molar-refractivity contribution in [3.05, 3.63) is 94.3 Å².